The summed E-state index contributed by atoms with van der Waals surface area (Å²) < 4.78 is 17.4. The van der Waals surface area contributed by atoms with Gasteiger partial charge in [-0.2, -0.15) is 0 Å². The lowest BCUT2D eigenvalue weighted by Crippen LogP contribution is -2.39. The lowest BCUT2D eigenvalue weighted by Gasteiger charge is -2.23. The summed E-state index contributed by atoms with van der Waals surface area (Å²) in [6.07, 6.45) is 1.43. The van der Waals surface area contributed by atoms with E-state index in [4.69, 9.17) is 14.2 Å². The zero-order chi connectivity index (χ0) is 25.3. The van der Waals surface area contributed by atoms with Gasteiger partial charge in [-0.3, -0.25) is 19.5 Å². The van der Waals surface area contributed by atoms with Crippen molar-refractivity contribution in [1.29, 1.82) is 0 Å². The standard InChI is InChI=1S/C23H21N3O7S2/c1-5-33-22(28)19-12(2)24-23-25(20(19)17-7-6-8-34-17)21(27)18(35-23)10-13-9-15(31-3)16(32-4)11-14(13)26(29)30/h6-11,20H,5H2,1-4H3/b18-10+/t20-/m1/s1. The molecule has 10 nitrogen and oxygen atoms in total. The molecule has 1 aliphatic heterocycles. The minimum atomic E-state index is -0.715. The number of aromatic nitrogens is 1. The molecule has 3 heterocycles. The summed E-state index contributed by atoms with van der Waals surface area (Å²) in [5.41, 5.74) is 0.237. The van der Waals surface area contributed by atoms with Crippen LogP contribution in [-0.4, -0.2) is 36.3 Å². The number of nitro groups is 1. The Morgan fingerprint density at radius 3 is 2.60 bits per heavy atom. The Morgan fingerprint density at radius 2 is 2.00 bits per heavy atom. The maximum absolute atomic E-state index is 13.6. The number of hydrogen-bond acceptors (Lipinski definition) is 10. The molecule has 0 saturated carbocycles. The molecule has 1 aromatic carbocycles. The fourth-order valence-corrected chi connectivity index (χ4v) is 5.67. The van der Waals surface area contributed by atoms with Gasteiger partial charge in [0, 0.05) is 4.88 Å². The lowest BCUT2D eigenvalue weighted by atomic mass is 10.0. The third kappa shape index (κ3) is 4.37. The second kappa shape index (κ2) is 9.84. The first-order valence-electron chi connectivity index (χ1n) is 10.4. The van der Waals surface area contributed by atoms with Crippen molar-refractivity contribution >= 4 is 40.4 Å². The quantitative estimate of drug-likeness (QED) is 0.269. The van der Waals surface area contributed by atoms with Crippen LogP contribution < -0.4 is 24.4 Å². The topological polar surface area (TPSA) is 122 Å². The van der Waals surface area contributed by atoms with E-state index in [1.54, 1.807) is 13.8 Å². The van der Waals surface area contributed by atoms with Gasteiger partial charge >= 0.3 is 5.97 Å². The van der Waals surface area contributed by atoms with E-state index in [-0.39, 0.29) is 39.5 Å². The molecule has 1 aliphatic rings. The minimum Gasteiger partial charge on any atom is -0.493 e. The fourth-order valence-electron chi connectivity index (χ4n) is 3.81. The number of rotatable bonds is 7. The van der Waals surface area contributed by atoms with Gasteiger partial charge in [0.05, 0.1) is 53.2 Å². The summed E-state index contributed by atoms with van der Waals surface area (Å²) in [4.78, 5) is 43.3. The Kier molecular flexibility index (Phi) is 6.85. The first-order valence-corrected chi connectivity index (χ1v) is 12.1. The first kappa shape index (κ1) is 24.4. The number of allylic oxidation sites excluding steroid dienone is 1. The summed E-state index contributed by atoms with van der Waals surface area (Å²) in [6.45, 7) is 3.59. The minimum absolute atomic E-state index is 0.173. The van der Waals surface area contributed by atoms with E-state index in [1.165, 1.54) is 48.3 Å². The molecular formula is C23H21N3O7S2. The van der Waals surface area contributed by atoms with E-state index >= 15 is 0 Å². The van der Waals surface area contributed by atoms with Gasteiger partial charge in [0.2, 0.25) is 0 Å². The third-order valence-electron chi connectivity index (χ3n) is 5.35. The number of hydrogen-bond donors (Lipinski definition) is 0. The number of carbonyl (C=O) groups is 1. The molecule has 4 rings (SSSR count). The molecule has 0 N–H and O–H groups in total. The third-order valence-corrected chi connectivity index (χ3v) is 7.25. The number of thiazole rings is 1. The molecule has 182 valence electrons. The van der Waals surface area contributed by atoms with Gasteiger partial charge in [-0.1, -0.05) is 17.4 Å². The number of fused-ring (bicyclic) bond motifs is 1. The Morgan fingerprint density at radius 1 is 1.29 bits per heavy atom. The highest BCUT2D eigenvalue weighted by molar-refractivity contribution is 7.10. The molecule has 0 aliphatic carbocycles. The number of thiophene rings is 1. The van der Waals surface area contributed by atoms with Crippen LogP contribution in [0, 0.1) is 10.1 Å². The monoisotopic (exact) mass is 515 g/mol. The van der Waals surface area contributed by atoms with Gasteiger partial charge < -0.3 is 14.2 Å². The van der Waals surface area contributed by atoms with E-state index in [1.807, 2.05) is 17.5 Å². The highest BCUT2D eigenvalue weighted by Gasteiger charge is 2.34. The van der Waals surface area contributed by atoms with Crippen LogP contribution in [0.25, 0.3) is 6.08 Å². The van der Waals surface area contributed by atoms with Crippen LogP contribution in [-0.2, 0) is 9.53 Å². The fraction of sp³-hybridized carbons (Fsp3) is 0.261. The normalized spacial score (nSPS) is 15.4. The van der Waals surface area contributed by atoms with E-state index in [0.717, 1.165) is 16.2 Å². The molecule has 12 heteroatoms. The number of benzene rings is 1. The summed E-state index contributed by atoms with van der Waals surface area (Å²) in [6, 6.07) is 5.65. The number of nitrogens with zero attached hydrogens (tertiary/aromatic N) is 3. The van der Waals surface area contributed by atoms with Crippen LogP contribution in [0.15, 0.2) is 50.7 Å². The van der Waals surface area contributed by atoms with E-state index in [9.17, 15) is 19.7 Å². The van der Waals surface area contributed by atoms with E-state index < -0.39 is 22.5 Å². The molecule has 2 aromatic heterocycles. The number of esters is 1. The van der Waals surface area contributed by atoms with Gasteiger partial charge in [-0.25, -0.2) is 9.79 Å². The van der Waals surface area contributed by atoms with Crippen LogP contribution >= 0.6 is 22.7 Å². The molecule has 0 amide bonds. The average Bonchev–Trinajstić information content (AvgIpc) is 3.46. The zero-order valence-corrected chi connectivity index (χ0v) is 20.9. The Hall–Kier alpha value is -3.77. The summed E-state index contributed by atoms with van der Waals surface area (Å²) in [7, 11) is 2.80. The van der Waals surface area contributed by atoms with Gasteiger partial charge in [0.15, 0.2) is 16.3 Å². The van der Waals surface area contributed by atoms with Crippen LogP contribution in [0.2, 0.25) is 0 Å². The molecule has 0 fully saturated rings. The highest BCUT2D eigenvalue weighted by atomic mass is 32.1. The number of nitro benzene ring substituents is 1. The lowest BCUT2D eigenvalue weighted by molar-refractivity contribution is -0.385. The number of ether oxygens (including phenoxy) is 3. The second-order valence-electron chi connectivity index (χ2n) is 7.34. The Bertz CT molecular complexity index is 1520. The number of carbonyl (C=O) groups excluding carboxylic acids is 1. The average molecular weight is 516 g/mol. The first-order chi connectivity index (χ1) is 16.8. The van der Waals surface area contributed by atoms with Gasteiger partial charge in [0.25, 0.3) is 11.2 Å². The molecule has 0 radical (unpaired) electrons. The molecule has 1 atom stereocenters. The zero-order valence-electron chi connectivity index (χ0n) is 19.3. The van der Waals surface area contributed by atoms with E-state index in [2.05, 4.69) is 4.99 Å². The van der Waals surface area contributed by atoms with Crippen molar-refractivity contribution in [3.05, 3.63) is 81.2 Å². The van der Waals surface area contributed by atoms with Crippen molar-refractivity contribution in [2.75, 3.05) is 20.8 Å². The smallest absolute Gasteiger partial charge is 0.338 e. The van der Waals surface area contributed by atoms with Crippen LogP contribution in [0.1, 0.15) is 30.3 Å². The van der Waals surface area contributed by atoms with Crippen molar-refractivity contribution in [2.24, 2.45) is 4.99 Å². The molecule has 0 spiro atoms. The molecule has 35 heavy (non-hydrogen) atoms. The van der Waals surface area contributed by atoms with Gasteiger partial charge in [-0.05, 0) is 37.4 Å². The highest BCUT2D eigenvalue weighted by Crippen LogP contribution is 2.35. The second-order valence-corrected chi connectivity index (χ2v) is 9.33. The maximum Gasteiger partial charge on any atom is 0.338 e. The summed E-state index contributed by atoms with van der Waals surface area (Å²) >= 11 is 2.49. The molecule has 0 unspecified atom stereocenters. The summed E-state index contributed by atoms with van der Waals surface area (Å²) in [5.74, 6) is -0.0591. The molecule has 0 bridgehead atoms. The molecular weight excluding hydrogens is 494 g/mol. The molecule has 3 aromatic rings. The van der Waals surface area contributed by atoms with Crippen LogP contribution in [0.5, 0.6) is 11.5 Å². The Balaban J connectivity index is 1.97. The van der Waals surface area contributed by atoms with Crippen molar-refractivity contribution in [3.63, 3.8) is 0 Å². The predicted octanol–water partition coefficient (Wildman–Crippen LogP) is 2.79. The van der Waals surface area contributed by atoms with Gasteiger partial charge in [0.1, 0.15) is 6.04 Å². The number of methoxy groups -OCH3 is 2. The van der Waals surface area contributed by atoms with Crippen molar-refractivity contribution < 1.29 is 23.9 Å². The van der Waals surface area contributed by atoms with Crippen LogP contribution in [0.4, 0.5) is 5.69 Å². The van der Waals surface area contributed by atoms with E-state index in [0.29, 0.717) is 10.5 Å². The van der Waals surface area contributed by atoms with Crippen molar-refractivity contribution in [1.82, 2.24) is 4.57 Å². The predicted molar refractivity (Wildman–Crippen MR) is 131 cm³/mol. The summed E-state index contributed by atoms with van der Waals surface area (Å²) in [5, 5.41) is 13.6. The SMILES string of the molecule is CCOC(=O)C1=C(C)N=c2s/c(=C/c3cc(OC)c(OC)cc3[N+](=O)[O-])c(=O)n2[C@@H]1c1cccs1. The maximum atomic E-state index is 13.6. The van der Waals surface area contributed by atoms with Crippen LogP contribution in [0.3, 0.4) is 0 Å². The van der Waals surface area contributed by atoms with Crippen molar-refractivity contribution in [3.8, 4) is 11.5 Å². The molecule has 0 saturated heterocycles. The van der Waals surface area contributed by atoms with Crippen molar-refractivity contribution in [2.45, 2.75) is 19.9 Å². The van der Waals surface area contributed by atoms with Gasteiger partial charge in [-0.15, -0.1) is 11.3 Å². The largest absolute Gasteiger partial charge is 0.493 e. The Labute approximate surface area is 207 Å².